The number of halogens is 1. The number of thiazole rings is 1. The Morgan fingerprint density at radius 3 is 2.32 bits per heavy atom. The van der Waals surface area contributed by atoms with Gasteiger partial charge in [0.25, 0.3) is 11.5 Å². The van der Waals surface area contributed by atoms with Gasteiger partial charge >= 0.3 is 0 Å². The Bertz CT molecular complexity index is 2090. The van der Waals surface area contributed by atoms with Crippen LogP contribution in [0.5, 0.6) is 0 Å². The summed E-state index contributed by atoms with van der Waals surface area (Å²) in [6, 6.07) is 26.3. The molecule has 9 heteroatoms. The van der Waals surface area contributed by atoms with E-state index >= 15 is 0 Å². The summed E-state index contributed by atoms with van der Waals surface area (Å²) in [5.41, 5.74) is 7.43. The Labute approximate surface area is 264 Å². The van der Waals surface area contributed by atoms with Crippen molar-refractivity contribution in [3.8, 4) is 5.69 Å². The van der Waals surface area contributed by atoms with Gasteiger partial charge in [-0.3, -0.25) is 14.2 Å². The van der Waals surface area contributed by atoms with Crippen molar-refractivity contribution in [1.29, 1.82) is 0 Å². The van der Waals surface area contributed by atoms with E-state index in [2.05, 4.69) is 59.0 Å². The second-order valence-corrected chi connectivity index (χ2v) is 12.5. The molecule has 3 aromatic carbocycles. The van der Waals surface area contributed by atoms with Crippen LogP contribution in [-0.2, 0) is 4.79 Å². The molecule has 0 aliphatic carbocycles. The van der Waals surface area contributed by atoms with E-state index in [0.29, 0.717) is 31.3 Å². The van der Waals surface area contributed by atoms with Crippen LogP contribution in [0.15, 0.2) is 106 Å². The number of aromatic nitrogens is 2. The van der Waals surface area contributed by atoms with Crippen LogP contribution in [0.3, 0.4) is 0 Å². The minimum atomic E-state index is -0.669. The smallest absolute Gasteiger partial charge is 0.271 e. The van der Waals surface area contributed by atoms with E-state index in [1.165, 1.54) is 11.3 Å². The summed E-state index contributed by atoms with van der Waals surface area (Å²) in [6.45, 7) is 5.94. The molecule has 1 atom stereocenters. The van der Waals surface area contributed by atoms with Gasteiger partial charge in [0.05, 0.1) is 21.8 Å². The van der Waals surface area contributed by atoms with E-state index in [1.54, 1.807) is 16.7 Å². The molecule has 7 nitrogen and oxygen atoms in total. The number of carbonyl (C=O) groups is 1. The summed E-state index contributed by atoms with van der Waals surface area (Å²) < 4.78 is 4.37. The zero-order valence-electron chi connectivity index (χ0n) is 25.1. The quantitative estimate of drug-likeness (QED) is 0.253. The zero-order chi connectivity index (χ0) is 31.1. The highest BCUT2D eigenvalue weighted by molar-refractivity contribution is 7.07. The molecule has 1 aliphatic rings. The highest BCUT2D eigenvalue weighted by Crippen LogP contribution is 2.31. The van der Waals surface area contributed by atoms with E-state index in [1.807, 2.05) is 69.6 Å². The molecule has 222 valence electrons. The molecule has 0 saturated heterocycles. The average molecular weight is 622 g/mol. The molecule has 1 aliphatic heterocycles. The number of rotatable bonds is 6. The lowest BCUT2D eigenvalue weighted by molar-refractivity contribution is -0.113. The third kappa shape index (κ3) is 5.42. The molecule has 3 heterocycles. The van der Waals surface area contributed by atoms with Crippen molar-refractivity contribution in [2.45, 2.75) is 26.8 Å². The molecular weight excluding hydrogens is 590 g/mol. The molecule has 0 spiro atoms. The summed E-state index contributed by atoms with van der Waals surface area (Å²) in [6.07, 6.45) is 1.93. The predicted molar refractivity (Wildman–Crippen MR) is 180 cm³/mol. The second kappa shape index (κ2) is 11.8. The monoisotopic (exact) mass is 621 g/mol. The maximum atomic E-state index is 14.2. The number of amides is 1. The number of para-hydroxylation sites is 1. The number of fused-ring (bicyclic) bond motifs is 1. The number of nitrogens with zero attached hydrogens (tertiary/aromatic N) is 4. The first-order valence-corrected chi connectivity index (χ1v) is 15.4. The molecule has 44 heavy (non-hydrogen) atoms. The fourth-order valence-corrected chi connectivity index (χ4v) is 6.83. The van der Waals surface area contributed by atoms with E-state index < -0.39 is 6.04 Å². The van der Waals surface area contributed by atoms with E-state index in [4.69, 9.17) is 16.6 Å². The highest BCUT2D eigenvalue weighted by Gasteiger charge is 2.32. The van der Waals surface area contributed by atoms with E-state index in [9.17, 15) is 9.59 Å². The third-order valence-corrected chi connectivity index (χ3v) is 9.10. The van der Waals surface area contributed by atoms with Crippen molar-refractivity contribution < 1.29 is 4.79 Å². The van der Waals surface area contributed by atoms with Crippen molar-refractivity contribution >= 4 is 46.3 Å². The predicted octanol–water partition coefficient (Wildman–Crippen LogP) is 6.00. The fraction of sp³-hybridized carbons (Fsp3) is 0.171. The topological polar surface area (TPSA) is 71.6 Å². The molecule has 1 amide bonds. The van der Waals surface area contributed by atoms with Crippen LogP contribution in [0.2, 0.25) is 5.02 Å². The Morgan fingerprint density at radius 2 is 1.66 bits per heavy atom. The fourth-order valence-electron chi connectivity index (χ4n) is 5.66. The SMILES string of the molecule is CC1=C(C(=O)Nc2ccccc2)[C@@H](c2ccc(Cl)cc2)n2c(s/c(=C/c3cc(C)n(-c4ccc(N(C)C)cc4)c3C)c2=O)=N1. The lowest BCUT2D eigenvalue weighted by Crippen LogP contribution is -2.40. The van der Waals surface area contributed by atoms with Crippen LogP contribution >= 0.6 is 22.9 Å². The molecule has 0 radical (unpaired) electrons. The van der Waals surface area contributed by atoms with Crippen LogP contribution in [0.4, 0.5) is 11.4 Å². The lowest BCUT2D eigenvalue weighted by Gasteiger charge is -2.25. The number of benzene rings is 3. The van der Waals surface area contributed by atoms with Crippen molar-refractivity contribution in [1.82, 2.24) is 9.13 Å². The maximum absolute atomic E-state index is 14.2. The Balaban J connectivity index is 1.46. The van der Waals surface area contributed by atoms with Gasteiger partial charge in [-0.05, 0) is 92.6 Å². The number of hydrogen-bond acceptors (Lipinski definition) is 5. The Hall–Kier alpha value is -4.66. The largest absolute Gasteiger partial charge is 0.378 e. The van der Waals surface area contributed by atoms with Crippen molar-refractivity contribution in [2.75, 3.05) is 24.3 Å². The summed E-state index contributed by atoms with van der Waals surface area (Å²) in [4.78, 5) is 35.3. The first-order chi connectivity index (χ1) is 21.1. The Kier molecular flexibility index (Phi) is 7.88. The molecule has 5 aromatic rings. The van der Waals surface area contributed by atoms with E-state index in [0.717, 1.165) is 33.9 Å². The summed E-state index contributed by atoms with van der Waals surface area (Å²) >= 11 is 7.55. The van der Waals surface area contributed by atoms with Gasteiger partial charge in [0.1, 0.15) is 0 Å². The highest BCUT2D eigenvalue weighted by atomic mass is 35.5. The van der Waals surface area contributed by atoms with Gasteiger partial charge in [0.2, 0.25) is 0 Å². The van der Waals surface area contributed by atoms with Gasteiger partial charge < -0.3 is 14.8 Å². The standard InChI is InChI=1S/C35H32ClN5O2S/c1-21-19-25(23(3)40(21)29-17-15-28(16-18-29)39(4)5)20-30-34(43)41-32(24-11-13-26(36)14-12-24)31(22(2)37-35(41)44-30)33(42)38-27-9-7-6-8-10-27/h6-20,32H,1-5H3,(H,38,42)/b30-20+/t32-/m1/s1. The van der Waals surface area contributed by atoms with Gasteiger partial charge in [-0.25, -0.2) is 4.99 Å². The Morgan fingerprint density at radius 1 is 0.977 bits per heavy atom. The summed E-state index contributed by atoms with van der Waals surface area (Å²) in [7, 11) is 4.04. The third-order valence-electron chi connectivity index (χ3n) is 7.86. The van der Waals surface area contributed by atoms with Crippen LogP contribution in [-0.4, -0.2) is 29.1 Å². The van der Waals surface area contributed by atoms with Crippen molar-refractivity contribution in [3.63, 3.8) is 0 Å². The number of nitrogens with one attached hydrogen (secondary N) is 1. The molecule has 1 N–H and O–H groups in total. The molecule has 0 unspecified atom stereocenters. The summed E-state index contributed by atoms with van der Waals surface area (Å²) in [5.74, 6) is -0.310. The van der Waals surface area contributed by atoms with Crippen molar-refractivity contribution in [2.24, 2.45) is 4.99 Å². The number of anilines is 2. The minimum Gasteiger partial charge on any atom is -0.378 e. The molecule has 0 fully saturated rings. The van der Waals surface area contributed by atoms with Gasteiger partial charge in [-0.2, -0.15) is 0 Å². The first-order valence-electron chi connectivity index (χ1n) is 14.2. The van der Waals surface area contributed by atoms with Gasteiger partial charge in [-0.1, -0.05) is 53.3 Å². The number of allylic oxidation sites excluding steroid dienone is 1. The number of hydrogen-bond donors (Lipinski definition) is 1. The zero-order valence-corrected chi connectivity index (χ0v) is 26.7. The van der Waals surface area contributed by atoms with E-state index in [-0.39, 0.29) is 11.5 Å². The van der Waals surface area contributed by atoms with Crippen LogP contribution in [0.1, 0.15) is 35.5 Å². The minimum absolute atomic E-state index is 0.202. The molecule has 6 rings (SSSR count). The number of carbonyl (C=O) groups excluding carboxylic acids is 1. The first kappa shape index (κ1) is 29.4. The second-order valence-electron chi connectivity index (χ2n) is 11.0. The number of aryl methyl sites for hydroxylation is 1. The van der Waals surface area contributed by atoms with Gasteiger partial charge in [-0.15, -0.1) is 0 Å². The molecule has 0 saturated carbocycles. The van der Waals surface area contributed by atoms with Crippen LogP contribution in [0, 0.1) is 13.8 Å². The van der Waals surface area contributed by atoms with Gasteiger partial charge in [0.15, 0.2) is 4.80 Å². The van der Waals surface area contributed by atoms with Crippen molar-refractivity contribution in [3.05, 3.63) is 143 Å². The van der Waals surface area contributed by atoms with Crippen LogP contribution in [0.25, 0.3) is 11.8 Å². The average Bonchev–Trinajstić information content (AvgIpc) is 3.46. The molecule has 2 aromatic heterocycles. The lowest BCUT2D eigenvalue weighted by atomic mass is 9.95. The van der Waals surface area contributed by atoms with Gasteiger partial charge in [0, 0.05) is 47.6 Å². The summed E-state index contributed by atoms with van der Waals surface area (Å²) in [5, 5.41) is 3.56. The molecular formula is C35H32ClN5O2S. The van der Waals surface area contributed by atoms with Crippen LogP contribution < -0.4 is 25.1 Å². The molecule has 0 bridgehead atoms. The maximum Gasteiger partial charge on any atom is 0.271 e. The normalized spacial score (nSPS) is 14.8.